The van der Waals surface area contributed by atoms with Gasteiger partial charge in [0.25, 0.3) is 0 Å². The summed E-state index contributed by atoms with van der Waals surface area (Å²) in [5.41, 5.74) is 7.52. The molecule has 0 heterocycles. The maximum Gasteiger partial charge on any atom is 0.192 e. The van der Waals surface area contributed by atoms with Crippen LogP contribution in [-0.2, 0) is 0 Å². The lowest BCUT2D eigenvalue weighted by Crippen LogP contribution is -2.26. The van der Waals surface area contributed by atoms with Crippen molar-refractivity contribution >= 4 is 11.5 Å². The van der Waals surface area contributed by atoms with Gasteiger partial charge >= 0.3 is 0 Å². The predicted molar refractivity (Wildman–Crippen MR) is 125 cm³/mol. The van der Waals surface area contributed by atoms with Gasteiger partial charge in [0.2, 0.25) is 0 Å². The topological polar surface area (TPSA) is 20.3 Å². The highest BCUT2D eigenvalue weighted by atomic mass is 16.1. The number of anilines is 1. The number of aryl methyl sites for hydroxylation is 1. The predicted octanol–water partition coefficient (Wildman–Crippen LogP) is 6.76. The van der Waals surface area contributed by atoms with Gasteiger partial charge in [-0.2, -0.15) is 0 Å². The second-order valence-corrected chi connectivity index (χ2v) is 8.21. The van der Waals surface area contributed by atoms with Crippen LogP contribution in [0.4, 0.5) is 5.69 Å². The fourth-order valence-corrected chi connectivity index (χ4v) is 4.68. The molecule has 0 amide bonds. The maximum atomic E-state index is 13.8. The number of para-hydroxylation sites is 1. The van der Waals surface area contributed by atoms with Crippen LogP contribution in [0.25, 0.3) is 0 Å². The highest BCUT2D eigenvalue weighted by molar-refractivity contribution is 6.15. The Balaban J connectivity index is 2.00. The number of ketones is 1. The standard InChI is InChI=1S/C28H29NO/c1-5-19(2)27(29(4)24-18-12-9-13-20(24)3)26-25(21-14-7-6-8-15-21)22-16-10-11-17-23(22)28(26)30/h6-19,25H,5H2,1-4H3/b27-26+. The largest absolute Gasteiger partial charge is 0.347 e. The molecule has 0 saturated heterocycles. The van der Waals surface area contributed by atoms with Crippen molar-refractivity contribution in [2.24, 2.45) is 5.92 Å². The lowest BCUT2D eigenvalue weighted by atomic mass is 9.85. The number of allylic oxidation sites excluding steroid dienone is 2. The number of rotatable bonds is 5. The van der Waals surface area contributed by atoms with E-state index >= 15 is 0 Å². The zero-order valence-electron chi connectivity index (χ0n) is 18.2. The molecule has 2 nitrogen and oxygen atoms in total. The number of hydrogen-bond donors (Lipinski definition) is 0. The van der Waals surface area contributed by atoms with E-state index in [1.54, 1.807) is 0 Å². The van der Waals surface area contributed by atoms with E-state index < -0.39 is 0 Å². The van der Waals surface area contributed by atoms with Gasteiger partial charge in [-0.1, -0.05) is 86.6 Å². The van der Waals surface area contributed by atoms with E-state index in [4.69, 9.17) is 0 Å². The van der Waals surface area contributed by atoms with Gasteiger partial charge in [0.05, 0.1) is 0 Å². The van der Waals surface area contributed by atoms with Gasteiger partial charge in [0.1, 0.15) is 0 Å². The molecule has 0 radical (unpaired) electrons. The number of carbonyl (C=O) groups is 1. The molecule has 2 unspecified atom stereocenters. The van der Waals surface area contributed by atoms with Crippen molar-refractivity contribution in [3.8, 4) is 0 Å². The molecular formula is C28H29NO. The van der Waals surface area contributed by atoms with Gasteiger partial charge in [-0.25, -0.2) is 0 Å². The Hall–Kier alpha value is -3.13. The van der Waals surface area contributed by atoms with E-state index in [0.717, 1.165) is 34.5 Å². The van der Waals surface area contributed by atoms with Crippen LogP contribution in [0.1, 0.15) is 53.2 Å². The summed E-state index contributed by atoms with van der Waals surface area (Å²) in [5.74, 6) is 0.384. The van der Waals surface area contributed by atoms with Crippen LogP contribution in [0.5, 0.6) is 0 Å². The first kappa shape index (κ1) is 20.2. The van der Waals surface area contributed by atoms with Crippen LogP contribution in [-0.4, -0.2) is 12.8 Å². The van der Waals surface area contributed by atoms with Gasteiger partial charge in [-0.3, -0.25) is 4.79 Å². The summed E-state index contributed by atoms with van der Waals surface area (Å²) in [6.07, 6.45) is 0.972. The fraction of sp³-hybridized carbons (Fsp3) is 0.250. The zero-order chi connectivity index (χ0) is 21.3. The van der Waals surface area contributed by atoms with Gasteiger partial charge in [-0.05, 0) is 42.0 Å². The van der Waals surface area contributed by atoms with Crippen LogP contribution in [0, 0.1) is 12.8 Å². The molecule has 152 valence electrons. The molecule has 0 fully saturated rings. The number of carbonyl (C=O) groups excluding carboxylic acids is 1. The molecular weight excluding hydrogens is 366 g/mol. The zero-order valence-corrected chi connectivity index (χ0v) is 18.2. The minimum atomic E-state index is -0.0367. The van der Waals surface area contributed by atoms with E-state index in [-0.39, 0.29) is 17.6 Å². The molecule has 0 spiro atoms. The molecule has 0 aliphatic heterocycles. The first-order chi connectivity index (χ1) is 14.5. The Morgan fingerprint density at radius 1 is 0.933 bits per heavy atom. The third kappa shape index (κ3) is 3.37. The van der Waals surface area contributed by atoms with E-state index in [0.29, 0.717) is 0 Å². The Bertz CT molecular complexity index is 1100. The van der Waals surface area contributed by atoms with E-state index in [2.05, 4.69) is 87.3 Å². The highest BCUT2D eigenvalue weighted by Gasteiger charge is 2.39. The molecule has 30 heavy (non-hydrogen) atoms. The molecule has 2 atom stereocenters. The van der Waals surface area contributed by atoms with Crippen LogP contribution in [0.2, 0.25) is 0 Å². The van der Waals surface area contributed by atoms with Crippen molar-refractivity contribution < 1.29 is 4.79 Å². The summed E-state index contributed by atoms with van der Waals surface area (Å²) in [6, 6.07) is 26.9. The van der Waals surface area contributed by atoms with Crippen molar-refractivity contribution in [3.63, 3.8) is 0 Å². The molecule has 0 aromatic heterocycles. The third-order valence-electron chi connectivity index (χ3n) is 6.38. The average molecular weight is 396 g/mol. The second-order valence-electron chi connectivity index (χ2n) is 8.21. The van der Waals surface area contributed by atoms with Crippen molar-refractivity contribution in [2.75, 3.05) is 11.9 Å². The lowest BCUT2D eigenvalue weighted by molar-refractivity contribution is 0.103. The number of Topliss-reactive ketones (excluding diaryl/α,β-unsaturated/α-hetero) is 1. The normalized spacial score (nSPS) is 18.1. The molecule has 0 N–H and O–H groups in total. The summed E-state index contributed by atoms with van der Waals surface area (Å²) in [7, 11) is 2.11. The van der Waals surface area contributed by atoms with Crippen molar-refractivity contribution in [1.29, 1.82) is 0 Å². The lowest BCUT2D eigenvalue weighted by Gasteiger charge is -2.31. The SMILES string of the molecule is CCC(C)/C(=C1\C(=O)c2ccccc2C1c1ccccc1)N(C)c1ccccc1C. The van der Waals surface area contributed by atoms with Gasteiger partial charge < -0.3 is 4.90 Å². The molecule has 4 rings (SSSR count). The van der Waals surface area contributed by atoms with E-state index in [1.165, 1.54) is 11.1 Å². The highest BCUT2D eigenvalue weighted by Crippen LogP contribution is 2.46. The smallest absolute Gasteiger partial charge is 0.192 e. The third-order valence-corrected chi connectivity index (χ3v) is 6.38. The first-order valence-electron chi connectivity index (χ1n) is 10.8. The molecule has 2 heteroatoms. The number of benzene rings is 3. The summed E-state index contributed by atoms with van der Waals surface area (Å²) >= 11 is 0. The molecule has 3 aromatic carbocycles. The molecule has 1 aliphatic carbocycles. The fourth-order valence-electron chi connectivity index (χ4n) is 4.68. The Labute approximate surface area is 179 Å². The van der Waals surface area contributed by atoms with Crippen molar-refractivity contribution in [3.05, 3.63) is 112 Å². The van der Waals surface area contributed by atoms with Crippen molar-refractivity contribution in [2.45, 2.75) is 33.1 Å². The average Bonchev–Trinajstić information content (AvgIpc) is 3.07. The number of fused-ring (bicyclic) bond motifs is 1. The van der Waals surface area contributed by atoms with E-state index in [9.17, 15) is 4.79 Å². The van der Waals surface area contributed by atoms with Crippen LogP contribution >= 0.6 is 0 Å². The van der Waals surface area contributed by atoms with Crippen LogP contribution < -0.4 is 4.90 Å². The Morgan fingerprint density at radius 2 is 1.57 bits per heavy atom. The molecule has 0 bridgehead atoms. The maximum absolute atomic E-state index is 13.8. The Kier molecular flexibility index (Phi) is 5.59. The van der Waals surface area contributed by atoms with Crippen LogP contribution in [0.3, 0.4) is 0 Å². The minimum Gasteiger partial charge on any atom is -0.347 e. The Morgan fingerprint density at radius 3 is 2.27 bits per heavy atom. The van der Waals surface area contributed by atoms with Crippen LogP contribution in [0.15, 0.2) is 90.1 Å². The van der Waals surface area contributed by atoms with Gasteiger partial charge in [0, 0.05) is 35.5 Å². The summed E-state index contributed by atoms with van der Waals surface area (Å²) in [4.78, 5) is 16.0. The summed E-state index contributed by atoms with van der Waals surface area (Å²) in [5, 5.41) is 0. The first-order valence-corrected chi connectivity index (χ1v) is 10.8. The number of nitrogens with zero attached hydrogens (tertiary/aromatic N) is 1. The molecule has 0 saturated carbocycles. The van der Waals surface area contributed by atoms with Gasteiger partial charge in [0.15, 0.2) is 5.78 Å². The summed E-state index contributed by atoms with van der Waals surface area (Å²) in [6.45, 7) is 6.56. The minimum absolute atomic E-state index is 0.0367. The van der Waals surface area contributed by atoms with E-state index in [1.807, 2.05) is 24.3 Å². The summed E-state index contributed by atoms with van der Waals surface area (Å²) < 4.78 is 0. The molecule has 1 aliphatic rings. The number of hydrogen-bond acceptors (Lipinski definition) is 2. The second kappa shape index (κ2) is 8.31. The van der Waals surface area contributed by atoms with Gasteiger partial charge in [-0.15, -0.1) is 0 Å². The van der Waals surface area contributed by atoms with Crippen molar-refractivity contribution in [1.82, 2.24) is 0 Å². The monoisotopic (exact) mass is 395 g/mol. The molecule has 3 aromatic rings. The quantitative estimate of drug-likeness (QED) is 0.445.